The highest BCUT2D eigenvalue weighted by molar-refractivity contribution is 5.15. The molecular weight excluding hydrogens is 134 g/mol. The number of allylic oxidation sites excluding steroid dienone is 2. The standard InChI is InChI=1S/C10H17N/c1-2-10(7-11)6-8-3-4-9(10)5-8/h3-4,8-9H,2,5-7,11H2,1H3. The largest absolute Gasteiger partial charge is 0.330 e. The summed E-state index contributed by atoms with van der Waals surface area (Å²) in [5, 5.41) is 0. The molecule has 0 radical (unpaired) electrons. The lowest BCUT2D eigenvalue weighted by Gasteiger charge is -2.33. The summed E-state index contributed by atoms with van der Waals surface area (Å²) in [7, 11) is 0. The first-order valence-corrected chi connectivity index (χ1v) is 4.69. The Labute approximate surface area is 68.7 Å². The maximum atomic E-state index is 5.83. The lowest BCUT2D eigenvalue weighted by atomic mass is 9.74. The van der Waals surface area contributed by atoms with E-state index in [0.717, 1.165) is 18.4 Å². The van der Waals surface area contributed by atoms with Crippen LogP contribution in [-0.2, 0) is 0 Å². The summed E-state index contributed by atoms with van der Waals surface area (Å²) in [6.07, 6.45) is 8.76. The van der Waals surface area contributed by atoms with E-state index in [2.05, 4.69) is 19.1 Å². The predicted molar refractivity (Wildman–Crippen MR) is 47.1 cm³/mol. The Hall–Kier alpha value is -0.300. The topological polar surface area (TPSA) is 26.0 Å². The first kappa shape index (κ1) is 7.35. The van der Waals surface area contributed by atoms with Crippen LogP contribution in [0.5, 0.6) is 0 Å². The fraction of sp³-hybridized carbons (Fsp3) is 0.800. The molecule has 2 rings (SSSR count). The Kier molecular flexibility index (Phi) is 1.57. The van der Waals surface area contributed by atoms with E-state index in [1.54, 1.807) is 0 Å². The first-order chi connectivity index (χ1) is 5.30. The van der Waals surface area contributed by atoms with E-state index < -0.39 is 0 Å². The van der Waals surface area contributed by atoms with E-state index in [1.807, 2.05) is 0 Å². The molecule has 1 nitrogen and oxygen atoms in total. The van der Waals surface area contributed by atoms with E-state index >= 15 is 0 Å². The van der Waals surface area contributed by atoms with Gasteiger partial charge in [0, 0.05) is 0 Å². The van der Waals surface area contributed by atoms with Crippen molar-refractivity contribution in [2.24, 2.45) is 23.0 Å². The minimum Gasteiger partial charge on any atom is -0.330 e. The van der Waals surface area contributed by atoms with Crippen LogP contribution in [0.15, 0.2) is 12.2 Å². The Bertz CT molecular complexity index is 179. The average molecular weight is 151 g/mol. The smallest absolute Gasteiger partial charge is 0.00148 e. The summed E-state index contributed by atoms with van der Waals surface area (Å²) in [4.78, 5) is 0. The second-order valence-corrected chi connectivity index (χ2v) is 4.11. The SMILES string of the molecule is CCC1(CN)CC2C=CC1C2. The summed E-state index contributed by atoms with van der Waals surface area (Å²) in [5.41, 5.74) is 6.32. The lowest BCUT2D eigenvalue weighted by molar-refractivity contribution is 0.230. The van der Waals surface area contributed by atoms with Gasteiger partial charge in [0.15, 0.2) is 0 Å². The number of hydrogen-bond donors (Lipinski definition) is 1. The van der Waals surface area contributed by atoms with Gasteiger partial charge in [-0.3, -0.25) is 0 Å². The first-order valence-electron chi connectivity index (χ1n) is 4.69. The molecule has 0 saturated heterocycles. The molecule has 1 heteroatoms. The second-order valence-electron chi connectivity index (χ2n) is 4.11. The molecule has 0 aromatic rings. The van der Waals surface area contributed by atoms with Crippen LogP contribution in [-0.4, -0.2) is 6.54 Å². The zero-order valence-electron chi connectivity index (χ0n) is 7.22. The van der Waals surface area contributed by atoms with Crippen LogP contribution >= 0.6 is 0 Å². The quantitative estimate of drug-likeness (QED) is 0.600. The third-order valence-electron chi connectivity index (χ3n) is 3.74. The molecule has 2 bridgehead atoms. The minimum absolute atomic E-state index is 0.486. The summed E-state index contributed by atoms with van der Waals surface area (Å²) >= 11 is 0. The van der Waals surface area contributed by atoms with Gasteiger partial charge in [-0.05, 0) is 43.1 Å². The number of fused-ring (bicyclic) bond motifs is 2. The normalized spacial score (nSPS) is 47.1. The summed E-state index contributed by atoms with van der Waals surface area (Å²) < 4.78 is 0. The van der Waals surface area contributed by atoms with Crippen molar-refractivity contribution < 1.29 is 0 Å². The van der Waals surface area contributed by atoms with Crippen LogP contribution in [0.25, 0.3) is 0 Å². The van der Waals surface area contributed by atoms with Crippen LogP contribution < -0.4 is 5.73 Å². The molecular formula is C10H17N. The molecule has 2 aliphatic rings. The number of rotatable bonds is 2. The lowest BCUT2D eigenvalue weighted by Crippen LogP contribution is -2.33. The van der Waals surface area contributed by atoms with Gasteiger partial charge in [-0.2, -0.15) is 0 Å². The molecule has 0 amide bonds. The fourth-order valence-electron chi connectivity index (χ4n) is 2.84. The third kappa shape index (κ3) is 0.871. The molecule has 1 fully saturated rings. The van der Waals surface area contributed by atoms with E-state index in [0.29, 0.717) is 5.41 Å². The van der Waals surface area contributed by atoms with Gasteiger partial charge < -0.3 is 5.73 Å². The van der Waals surface area contributed by atoms with Gasteiger partial charge in [0.25, 0.3) is 0 Å². The molecule has 0 spiro atoms. The van der Waals surface area contributed by atoms with Gasteiger partial charge in [0.1, 0.15) is 0 Å². The highest BCUT2D eigenvalue weighted by Gasteiger charge is 2.45. The zero-order chi connectivity index (χ0) is 7.90. The molecule has 0 heterocycles. The van der Waals surface area contributed by atoms with E-state index in [1.165, 1.54) is 19.3 Å². The minimum atomic E-state index is 0.486. The van der Waals surface area contributed by atoms with Crippen molar-refractivity contribution in [2.75, 3.05) is 6.54 Å². The monoisotopic (exact) mass is 151 g/mol. The molecule has 3 unspecified atom stereocenters. The zero-order valence-corrected chi connectivity index (χ0v) is 7.22. The Morgan fingerprint density at radius 3 is 2.64 bits per heavy atom. The maximum absolute atomic E-state index is 5.83. The van der Waals surface area contributed by atoms with Gasteiger partial charge in [-0.15, -0.1) is 0 Å². The molecule has 0 aromatic carbocycles. The summed E-state index contributed by atoms with van der Waals surface area (Å²) in [5.74, 6) is 1.67. The third-order valence-corrected chi connectivity index (χ3v) is 3.74. The van der Waals surface area contributed by atoms with Crippen LogP contribution in [0.3, 0.4) is 0 Å². The number of nitrogens with two attached hydrogens (primary N) is 1. The number of hydrogen-bond acceptors (Lipinski definition) is 1. The Morgan fingerprint density at radius 1 is 1.55 bits per heavy atom. The van der Waals surface area contributed by atoms with Gasteiger partial charge in [-0.1, -0.05) is 19.1 Å². The molecule has 0 aromatic heterocycles. The average Bonchev–Trinajstić information content (AvgIpc) is 2.62. The Morgan fingerprint density at radius 2 is 2.36 bits per heavy atom. The van der Waals surface area contributed by atoms with Crippen molar-refractivity contribution >= 4 is 0 Å². The highest BCUT2D eigenvalue weighted by atomic mass is 14.6. The van der Waals surface area contributed by atoms with Crippen molar-refractivity contribution in [1.82, 2.24) is 0 Å². The van der Waals surface area contributed by atoms with Gasteiger partial charge in [0.2, 0.25) is 0 Å². The second kappa shape index (κ2) is 2.34. The van der Waals surface area contributed by atoms with Crippen molar-refractivity contribution in [1.29, 1.82) is 0 Å². The van der Waals surface area contributed by atoms with Crippen LogP contribution in [0, 0.1) is 17.3 Å². The predicted octanol–water partition coefficient (Wildman–Crippen LogP) is 1.94. The molecule has 2 aliphatic carbocycles. The van der Waals surface area contributed by atoms with Crippen LogP contribution in [0.2, 0.25) is 0 Å². The highest BCUT2D eigenvalue weighted by Crippen LogP contribution is 2.53. The van der Waals surface area contributed by atoms with E-state index in [9.17, 15) is 0 Å². The van der Waals surface area contributed by atoms with Crippen molar-refractivity contribution in [3.63, 3.8) is 0 Å². The van der Waals surface area contributed by atoms with Crippen molar-refractivity contribution in [2.45, 2.75) is 26.2 Å². The molecule has 2 N–H and O–H groups in total. The van der Waals surface area contributed by atoms with Crippen LogP contribution in [0.4, 0.5) is 0 Å². The Balaban J connectivity index is 2.21. The maximum Gasteiger partial charge on any atom is -0.00148 e. The van der Waals surface area contributed by atoms with Gasteiger partial charge in [-0.25, -0.2) is 0 Å². The molecule has 3 atom stereocenters. The summed E-state index contributed by atoms with van der Waals surface area (Å²) in [6, 6.07) is 0. The summed E-state index contributed by atoms with van der Waals surface area (Å²) in [6.45, 7) is 3.16. The van der Waals surface area contributed by atoms with Crippen molar-refractivity contribution in [3.05, 3.63) is 12.2 Å². The molecule has 11 heavy (non-hydrogen) atoms. The molecule has 0 aliphatic heterocycles. The molecule has 1 saturated carbocycles. The van der Waals surface area contributed by atoms with E-state index in [4.69, 9.17) is 5.73 Å². The van der Waals surface area contributed by atoms with Crippen LogP contribution in [0.1, 0.15) is 26.2 Å². The van der Waals surface area contributed by atoms with Crippen molar-refractivity contribution in [3.8, 4) is 0 Å². The molecule has 62 valence electrons. The van der Waals surface area contributed by atoms with Gasteiger partial charge in [0.05, 0.1) is 0 Å². The van der Waals surface area contributed by atoms with Gasteiger partial charge >= 0.3 is 0 Å². The van der Waals surface area contributed by atoms with E-state index in [-0.39, 0.29) is 0 Å². The fourth-order valence-corrected chi connectivity index (χ4v) is 2.84.